The third-order valence-electron chi connectivity index (χ3n) is 1.31. The first-order valence-electron chi connectivity index (χ1n) is 3.50. The van der Waals surface area contributed by atoms with E-state index in [2.05, 4.69) is 9.72 Å². The van der Waals surface area contributed by atoms with Gasteiger partial charge in [0.1, 0.15) is 0 Å². The Morgan fingerprint density at radius 2 is 2.58 bits per heavy atom. The van der Waals surface area contributed by atoms with Crippen molar-refractivity contribution in [1.82, 2.24) is 4.98 Å². The Morgan fingerprint density at radius 3 is 3.17 bits per heavy atom. The number of carbonyl (C=O) groups is 1. The second-order valence-corrected chi connectivity index (χ2v) is 3.03. The third-order valence-corrected chi connectivity index (χ3v) is 2.18. The van der Waals surface area contributed by atoms with E-state index < -0.39 is 0 Å². The first kappa shape index (κ1) is 9.15. The largest absolute Gasteiger partial charge is 0.464 e. The van der Waals surface area contributed by atoms with Gasteiger partial charge in [-0.05, 0) is 6.54 Å². The lowest BCUT2D eigenvalue weighted by Crippen LogP contribution is -2.04. The number of thiazole rings is 1. The van der Waals surface area contributed by atoms with E-state index in [1.54, 1.807) is 0 Å². The summed E-state index contributed by atoms with van der Waals surface area (Å²) in [5.74, 6) is -0.386. The molecule has 5 heteroatoms. The van der Waals surface area contributed by atoms with Gasteiger partial charge in [0.2, 0.25) is 5.01 Å². The van der Waals surface area contributed by atoms with Gasteiger partial charge in [0.05, 0.1) is 12.8 Å². The van der Waals surface area contributed by atoms with E-state index in [-0.39, 0.29) is 5.97 Å². The molecule has 66 valence electrons. The average Bonchev–Trinajstić information content (AvgIpc) is 2.52. The number of nitrogens with zero attached hydrogens (tertiary/aromatic N) is 1. The highest BCUT2D eigenvalue weighted by atomic mass is 32.1. The monoisotopic (exact) mass is 186 g/mol. The van der Waals surface area contributed by atoms with E-state index in [0.29, 0.717) is 18.0 Å². The smallest absolute Gasteiger partial charge is 0.367 e. The summed E-state index contributed by atoms with van der Waals surface area (Å²) < 4.78 is 4.51. The molecular formula is C7H10N2O2S. The fourth-order valence-electron chi connectivity index (χ4n) is 0.751. The average molecular weight is 186 g/mol. The quantitative estimate of drug-likeness (QED) is 0.695. The molecular weight excluding hydrogens is 176 g/mol. The molecule has 0 aliphatic rings. The normalized spacial score (nSPS) is 9.83. The van der Waals surface area contributed by atoms with Crippen LogP contribution in [0.3, 0.4) is 0 Å². The number of nitrogens with two attached hydrogens (primary N) is 1. The molecule has 0 spiro atoms. The second kappa shape index (κ2) is 4.18. The Kier molecular flexibility index (Phi) is 3.19. The Bertz CT molecular complexity index is 272. The predicted molar refractivity (Wildman–Crippen MR) is 46.2 cm³/mol. The minimum atomic E-state index is -0.386. The lowest BCUT2D eigenvalue weighted by Gasteiger charge is -1.91. The zero-order chi connectivity index (χ0) is 8.97. The van der Waals surface area contributed by atoms with Gasteiger partial charge in [-0.3, -0.25) is 0 Å². The first-order chi connectivity index (χ1) is 5.77. The van der Waals surface area contributed by atoms with Crippen LogP contribution in [0.1, 0.15) is 15.5 Å². The van der Waals surface area contributed by atoms with Crippen molar-refractivity contribution in [3.63, 3.8) is 0 Å². The van der Waals surface area contributed by atoms with E-state index in [9.17, 15) is 4.79 Å². The number of esters is 1. The highest BCUT2D eigenvalue weighted by Gasteiger charge is 2.09. The Labute approximate surface area is 74.4 Å². The van der Waals surface area contributed by atoms with Gasteiger partial charge in [-0.15, -0.1) is 11.3 Å². The van der Waals surface area contributed by atoms with Gasteiger partial charge in [-0.2, -0.15) is 0 Å². The van der Waals surface area contributed by atoms with Gasteiger partial charge < -0.3 is 10.5 Å². The van der Waals surface area contributed by atoms with Crippen LogP contribution in [0.5, 0.6) is 0 Å². The number of methoxy groups -OCH3 is 1. The van der Waals surface area contributed by atoms with Crippen molar-refractivity contribution < 1.29 is 9.53 Å². The Morgan fingerprint density at radius 1 is 1.83 bits per heavy atom. The van der Waals surface area contributed by atoms with E-state index >= 15 is 0 Å². The summed E-state index contributed by atoms with van der Waals surface area (Å²) in [5.41, 5.74) is 6.18. The van der Waals surface area contributed by atoms with Crippen molar-refractivity contribution in [2.24, 2.45) is 5.73 Å². The molecule has 0 aliphatic heterocycles. The van der Waals surface area contributed by atoms with Crippen molar-refractivity contribution >= 4 is 17.3 Å². The van der Waals surface area contributed by atoms with Crippen molar-refractivity contribution in [1.29, 1.82) is 0 Å². The van der Waals surface area contributed by atoms with Crippen LogP contribution in [0, 0.1) is 0 Å². The second-order valence-electron chi connectivity index (χ2n) is 2.17. The number of ether oxygens (including phenoxy) is 1. The zero-order valence-electron chi connectivity index (χ0n) is 6.74. The molecule has 0 radical (unpaired) electrons. The SMILES string of the molecule is COC(=O)c1nc(CCN)cs1. The molecule has 1 rings (SSSR count). The van der Waals surface area contributed by atoms with Crippen LogP contribution in [0.25, 0.3) is 0 Å². The summed E-state index contributed by atoms with van der Waals surface area (Å²) in [6.45, 7) is 0.546. The minimum absolute atomic E-state index is 0.386. The molecule has 0 unspecified atom stereocenters. The molecule has 1 aromatic rings. The molecule has 2 N–H and O–H groups in total. The number of hydrogen-bond donors (Lipinski definition) is 1. The lowest BCUT2D eigenvalue weighted by atomic mass is 10.3. The molecule has 12 heavy (non-hydrogen) atoms. The van der Waals surface area contributed by atoms with Gasteiger partial charge in [-0.25, -0.2) is 9.78 Å². The molecule has 0 aromatic carbocycles. The molecule has 0 bridgehead atoms. The Balaban J connectivity index is 2.70. The summed E-state index contributed by atoms with van der Waals surface area (Å²) in [6.07, 6.45) is 0.702. The third kappa shape index (κ3) is 2.02. The molecule has 1 aromatic heterocycles. The summed E-state index contributed by atoms with van der Waals surface area (Å²) in [4.78, 5) is 15.0. The molecule has 1 heterocycles. The lowest BCUT2D eigenvalue weighted by molar-refractivity contribution is 0.0600. The van der Waals surface area contributed by atoms with Gasteiger partial charge in [-0.1, -0.05) is 0 Å². The number of rotatable bonds is 3. The molecule has 0 saturated carbocycles. The maximum Gasteiger partial charge on any atom is 0.367 e. The molecule has 0 amide bonds. The fraction of sp³-hybridized carbons (Fsp3) is 0.429. The maximum atomic E-state index is 10.9. The van der Waals surface area contributed by atoms with E-state index in [0.717, 1.165) is 5.69 Å². The molecule has 0 aliphatic carbocycles. The van der Waals surface area contributed by atoms with E-state index in [1.165, 1.54) is 18.4 Å². The van der Waals surface area contributed by atoms with Gasteiger partial charge in [0.25, 0.3) is 0 Å². The number of hydrogen-bond acceptors (Lipinski definition) is 5. The topological polar surface area (TPSA) is 65.2 Å². The first-order valence-corrected chi connectivity index (χ1v) is 4.38. The highest BCUT2D eigenvalue weighted by molar-refractivity contribution is 7.11. The zero-order valence-corrected chi connectivity index (χ0v) is 7.56. The summed E-state index contributed by atoms with van der Waals surface area (Å²) in [5, 5.41) is 2.21. The summed E-state index contributed by atoms with van der Waals surface area (Å²) in [6, 6.07) is 0. The molecule has 4 nitrogen and oxygen atoms in total. The van der Waals surface area contributed by atoms with Gasteiger partial charge in [0.15, 0.2) is 0 Å². The van der Waals surface area contributed by atoms with Crippen LogP contribution in [0.15, 0.2) is 5.38 Å². The van der Waals surface area contributed by atoms with E-state index in [4.69, 9.17) is 5.73 Å². The Hall–Kier alpha value is -0.940. The number of aromatic nitrogens is 1. The highest BCUT2D eigenvalue weighted by Crippen LogP contribution is 2.10. The van der Waals surface area contributed by atoms with Crippen LogP contribution >= 0.6 is 11.3 Å². The van der Waals surface area contributed by atoms with Gasteiger partial charge in [0, 0.05) is 11.8 Å². The van der Waals surface area contributed by atoms with Gasteiger partial charge >= 0.3 is 5.97 Å². The van der Waals surface area contributed by atoms with Crippen molar-refractivity contribution in [3.8, 4) is 0 Å². The van der Waals surface area contributed by atoms with Crippen molar-refractivity contribution in [2.45, 2.75) is 6.42 Å². The van der Waals surface area contributed by atoms with E-state index in [1.807, 2.05) is 5.38 Å². The maximum absolute atomic E-state index is 10.9. The summed E-state index contributed by atoms with van der Waals surface area (Å²) >= 11 is 1.28. The van der Waals surface area contributed by atoms with Crippen LogP contribution < -0.4 is 5.73 Å². The predicted octanol–water partition coefficient (Wildman–Crippen LogP) is 0.431. The molecule has 0 atom stereocenters. The van der Waals surface area contributed by atoms with Crippen molar-refractivity contribution in [2.75, 3.05) is 13.7 Å². The fourth-order valence-corrected chi connectivity index (χ4v) is 1.52. The van der Waals surface area contributed by atoms with Crippen molar-refractivity contribution in [3.05, 3.63) is 16.1 Å². The number of carbonyl (C=O) groups excluding carboxylic acids is 1. The molecule has 0 saturated heterocycles. The van der Waals surface area contributed by atoms with Crippen LogP contribution in [0.4, 0.5) is 0 Å². The standard InChI is InChI=1S/C7H10N2O2S/c1-11-7(10)6-9-5(2-3-8)4-12-6/h4H,2-3,8H2,1H3. The van der Waals surface area contributed by atoms with Crippen LogP contribution in [-0.2, 0) is 11.2 Å². The van der Waals surface area contributed by atoms with Crippen LogP contribution in [-0.4, -0.2) is 24.6 Å². The van der Waals surface area contributed by atoms with Crippen LogP contribution in [0.2, 0.25) is 0 Å². The summed E-state index contributed by atoms with van der Waals surface area (Å²) in [7, 11) is 1.34. The molecule has 0 fully saturated rings. The minimum Gasteiger partial charge on any atom is -0.464 e.